The van der Waals surface area contributed by atoms with Crippen molar-refractivity contribution < 1.29 is 18.0 Å². The Labute approximate surface area is 134 Å². The second kappa shape index (κ2) is 7.83. The Morgan fingerprint density at radius 1 is 1.32 bits per heavy atom. The first-order valence-corrected chi connectivity index (χ1v) is 7.06. The van der Waals surface area contributed by atoms with Gasteiger partial charge in [0.2, 0.25) is 5.91 Å². The van der Waals surface area contributed by atoms with Gasteiger partial charge in [-0.3, -0.25) is 4.79 Å². The molecule has 0 saturated carbocycles. The van der Waals surface area contributed by atoms with E-state index in [1.807, 2.05) is 0 Å². The first-order chi connectivity index (χ1) is 9.88. The Morgan fingerprint density at radius 3 is 2.45 bits per heavy atom. The molecule has 1 saturated heterocycles. The molecule has 2 atom stereocenters. The van der Waals surface area contributed by atoms with Gasteiger partial charge in [0.25, 0.3) is 0 Å². The number of halogens is 4. The summed E-state index contributed by atoms with van der Waals surface area (Å²) in [5.41, 5.74) is -0.0126. The van der Waals surface area contributed by atoms with Crippen LogP contribution in [0.4, 0.5) is 13.2 Å². The average Bonchev–Trinajstić information content (AvgIpc) is 2.47. The summed E-state index contributed by atoms with van der Waals surface area (Å²) < 4.78 is 37.5. The summed E-state index contributed by atoms with van der Waals surface area (Å²) in [6.45, 7) is 3.36. The van der Waals surface area contributed by atoms with Crippen molar-refractivity contribution in [3.63, 3.8) is 0 Å². The number of nitrogens with one attached hydrogen (secondary N) is 2. The molecule has 1 amide bonds. The quantitative estimate of drug-likeness (QED) is 0.889. The van der Waals surface area contributed by atoms with Gasteiger partial charge in [-0.1, -0.05) is 12.1 Å². The number of hydrogen-bond donors (Lipinski definition) is 2. The predicted molar refractivity (Wildman–Crippen MR) is 80.8 cm³/mol. The summed E-state index contributed by atoms with van der Waals surface area (Å²) in [4.78, 5) is 12.1. The molecule has 2 rings (SSSR count). The van der Waals surface area contributed by atoms with Gasteiger partial charge in [0, 0.05) is 6.54 Å². The number of alkyl halides is 3. The van der Waals surface area contributed by atoms with Crippen LogP contribution in [0, 0.1) is 5.92 Å². The highest BCUT2D eigenvalue weighted by Crippen LogP contribution is 2.29. The minimum atomic E-state index is -4.33. The summed E-state index contributed by atoms with van der Waals surface area (Å²) in [7, 11) is 0. The molecule has 0 aliphatic carbocycles. The van der Waals surface area contributed by atoms with Crippen molar-refractivity contribution in [3.05, 3.63) is 35.4 Å². The molecule has 3 nitrogen and oxygen atoms in total. The number of benzene rings is 1. The Hall–Kier alpha value is -1.27. The van der Waals surface area contributed by atoms with Crippen LogP contribution in [0.1, 0.15) is 36.9 Å². The molecule has 1 aromatic carbocycles. The van der Waals surface area contributed by atoms with Gasteiger partial charge in [0.05, 0.1) is 17.5 Å². The maximum Gasteiger partial charge on any atom is 0.416 e. The zero-order valence-electron chi connectivity index (χ0n) is 12.2. The van der Waals surface area contributed by atoms with Gasteiger partial charge in [-0.05, 0) is 44.0 Å². The minimum Gasteiger partial charge on any atom is -0.349 e. The molecular formula is C15H20ClF3N2O. The van der Waals surface area contributed by atoms with Crippen LogP contribution in [0.25, 0.3) is 0 Å². The van der Waals surface area contributed by atoms with Gasteiger partial charge in [-0.2, -0.15) is 13.2 Å². The molecule has 7 heteroatoms. The fourth-order valence-corrected chi connectivity index (χ4v) is 2.45. The second-order valence-corrected chi connectivity index (χ2v) is 5.39. The maximum absolute atomic E-state index is 12.5. The minimum absolute atomic E-state index is 0. The van der Waals surface area contributed by atoms with E-state index < -0.39 is 11.7 Å². The largest absolute Gasteiger partial charge is 0.416 e. The molecule has 0 spiro atoms. The highest BCUT2D eigenvalue weighted by Gasteiger charge is 2.30. The molecule has 1 fully saturated rings. The number of piperidine rings is 1. The summed E-state index contributed by atoms with van der Waals surface area (Å²) in [5.74, 6) is -0.106. The van der Waals surface area contributed by atoms with Crippen LogP contribution in [0.15, 0.2) is 24.3 Å². The van der Waals surface area contributed by atoms with Crippen molar-refractivity contribution in [1.29, 1.82) is 0 Å². The Bertz CT molecular complexity index is 485. The smallest absolute Gasteiger partial charge is 0.349 e. The molecule has 0 aromatic heterocycles. The number of carbonyl (C=O) groups is 1. The van der Waals surface area contributed by atoms with E-state index in [1.165, 1.54) is 12.1 Å². The summed E-state index contributed by atoms with van der Waals surface area (Å²) >= 11 is 0. The topological polar surface area (TPSA) is 41.1 Å². The van der Waals surface area contributed by atoms with Crippen molar-refractivity contribution in [1.82, 2.24) is 10.6 Å². The Morgan fingerprint density at radius 2 is 1.95 bits per heavy atom. The lowest BCUT2D eigenvalue weighted by atomic mass is 9.97. The SMILES string of the molecule is CC(NC(=O)C1CCCNC1)c1ccc(C(F)(F)F)cc1.Cl. The van der Waals surface area contributed by atoms with Gasteiger partial charge in [0.15, 0.2) is 0 Å². The number of hydrogen-bond acceptors (Lipinski definition) is 2. The summed E-state index contributed by atoms with van der Waals surface area (Å²) in [6, 6.07) is 4.60. The normalized spacial score (nSPS) is 19.9. The lowest BCUT2D eigenvalue weighted by Crippen LogP contribution is -2.41. The van der Waals surface area contributed by atoms with Crippen LogP contribution in [-0.2, 0) is 11.0 Å². The molecular weight excluding hydrogens is 317 g/mol. The molecule has 2 unspecified atom stereocenters. The third-order valence-corrected chi connectivity index (χ3v) is 3.76. The van der Waals surface area contributed by atoms with Gasteiger partial charge in [-0.25, -0.2) is 0 Å². The van der Waals surface area contributed by atoms with E-state index >= 15 is 0 Å². The molecule has 124 valence electrons. The molecule has 1 aromatic rings. The van der Waals surface area contributed by atoms with Crippen LogP contribution in [0.3, 0.4) is 0 Å². The zero-order chi connectivity index (χ0) is 15.5. The molecule has 0 radical (unpaired) electrons. The molecule has 1 aliphatic rings. The van der Waals surface area contributed by atoms with E-state index in [0.29, 0.717) is 12.1 Å². The van der Waals surface area contributed by atoms with E-state index in [9.17, 15) is 18.0 Å². The summed E-state index contributed by atoms with van der Waals surface area (Å²) in [6.07, 6.45) is -2.52. The lowest BCUT2D eigenvalue weighted by Gasteiger charge is -2.24. The molecule has 0 bridgehead atoms. The Kier molecular flexibility index (Phi) is 6.68. The molecule has 1 aliphatic heterocycles. The standard InChI is InChI=1S/C15H19F3N2O.ClH/c1-10(20-14(21)12-3-2-8-19-9-12)11-4-6-13(7-5-11)15(16,17)18;/h4-7,10,12,19H,2-3,8-9H2,1H3,(H,20,21);1H. The van der Waals surface area contributed by atoms with Crippen LogP contribution in [-0.4, -0.2) is 19.0 Å². The summed E-state index contributed by atoms with van der Waals surface area (Å²) in [5, 5.41) is 6.03. The fraction of sp³-hybridized carbons (Fsp3) is 0.533. The highest BCUT2D eigenvalue weighted by atomic mass is 35.5. The van der Waals surface area contributed by atoms with E-state index in [4.69, 9.17) is 0 Å². The fourth-order valence-electron chi connectivity index (χ4n) is 2.45. The van der Waals surface area contributed by atoms with Crippen LogP contribution >= 0.6 is 12.4 Å². The second-order valence-electron chi connectivity index (χ2n) is 5.39. The highest BCUT2D eigenvalue weighted by molar-refractivity contribution is 5.85. The van der Waals surface area contributed by atoms with Gasteiger partial charge < -0.3 is 10.6 Å². The predicted octanol–water partition coefficient (Wildman–Crippen LogP) is 3.30. The zero-order valence-corrected chi connectivity index (χ0v) is 13.1. The number of amides is 1. The molecule has 22 heavy (non-hydrogen) atoms. The lowest BCUT2D eigenvalue weighted by molar-refractivity contribution is -0.137. The van der Waals surface area contributed by atoms with Crippen molar-refractivity contribution in [2.75, 3.05) is 13.1 Å². The van der Waals surface area contributed by atoms with Crippen LogP contribution in [0.5, 0.6) is 0 Å². The van der Waals surface area contributed by atoms with E-state index in [1.54, 1.807) is 6.92 Å². The van der Waals surface area contributed by atoms with E-state index in [2.05, 4.69) is 10.6 Å². The molecule has 2 N–H and O–H groups in total. The van der Waals surface area contributed by atoms with Crippen molar-refractivity contribution in [3.8, 4) is 0 Å². The number of carbonyl (C=O) groups excluding carboxylic acids is 1. The number of rotatable bonds is 3. The van der Waals surface area contributed by atoms with Gasteiger partial charge in [-0.15, -0.1) is 12.4 Å². The molecule has 1 heterocycles. The maximum atomic E-state index is 12.5. The van der Waals surface area contributed by atoms with Crippen LogP contribution < -0.4 is 10.6 Å². The van der Waals surface area contributed by atoms with E-state index in [-0.39, 0.29) is 30.3 Å². The third kappa shape index (κ3) is 4.88. The van der Waals surface area contributed by atoms with Crippen molar-refractivity contribution >= 4 is 18.3 Å². The van der Waals surface area contributed by atoms with Gasteiger partial charge in [0.1, 0.15) is 0 Å². The first-order valence-electron chi connectivity index (χ1n) is 7.06. The first kappa shape index (κ1) is 18.8. The average molecular weight is 337 g/mol. The van der Waals surface area contributed by atoms with Crippen molar-refractivity contribution in [2.45, 2.75) is 32.0 Å². The van der Waals surface area contributed by atoms with Gasteiger partial charge >= 0.3 is 6.18 Å². The Balaban J connectivity index is 0.00000242. The van der Waals surface area contributed by atoms with Crippen LogP contribution in [0.2, 0.25) is 0 Å². The van der Waals surface area contributed by atoms with Crippen molar-refractivity contribution in [2.24, 2.45) is 5.92 Å². The van der Waals surface area contributed by atoms with E-state index in [0.717, 1.165) is 31.5 Å². The monoisotopic (exact) mass is 336 g/mol. The third-order valence-electron chi connectivity index (χ3n) is 3.76.